The summed E-state index contributed by atoms with van der Waals surface area (Å²) in [5.41, 5.74) is 1.61. The second kappa shape index (κ2) is 8.56. The molecule has 7 heteroatoms. The van der Waals surface area contributed by atoms with Gasteiger partial charge in [-0.05, 0) is 37.5 Å². The number of benzene rings is 1. The lowest BCUT2D eigenvalue weighted by molar-refractivity contribution is -0.126. The van der Waals surface area contributed by atoms with E-state index in [2.05, 4.69) is 16.4 Å². The van der Waals surface area contributed by atoms with Crippen LogP contribution in [0.4, 0.5) is 0 Å². The summed E-state index contributed by atoms with van der Waals surface area (Å²) in [6.07, 6.45) is 6.12. The fourth-order valence-corrected chi connectivity index (χ4v) is 4.55. The number of furan rings is 1. The molecule has 0 radical (unpaired) electrons. The second-order valence-corrected chi connectivity index (χ2v) is 8.16. The number of likely N-dealkylation sites (tertiary alicyclic amines) is 1. The van der Waals surface area contributed by atoms with Gasteiger partial charge in [0.25, 0.3) is 5.91 Å². The topological polar surface area (TPSA) is 75.4 Å². The molecule has 1 N–H and O–H groups in total. The summed E-state index contributed by atoms with van der Waals surface area (Å²) in [4.78, 5) is 31.1. The summed E-state index contributed by atoms with van der Waals surface area (Å²) in [5, 5.41) is 4.16. The van der Waals surface area contributed by atoms with E-state index < -0.39 is 0 Å². The molecule has 0 saturated carbocycles. The van der Waals surface area contributed by atoms with Crippen LogP contribution >= 0.6 is 11.3 Å². The Kier molecular flexibility index (Phi) is 5.71. The quantitative estimate of drug-likeness (QED) is 0.646. The third kappa shape index (κ3) is 4.25. The van der Waals surface area contributed by atoms with Crippen LogP contribution in [0.1, 0.15) is 34.6 Å². The van der Waals surface area contributed by atoms with E-state index >= 15 is 0 Å². The SMILES string of the molecule is O=C(NCCCc1nc2ccccc2s1)C1CCN(C(=O)c2ccoc2)CC1. The number of piperidine rings is 1. The monoisotopic (exact) mass is 397 g/mol. The molecule has 3 aromatic rings. The highest BCUT2D eigenvalue weighted by Crippen LogP contribution is 2.22. The van der Waals surface area contributed by atoms with Crippen molar-refractivity contribution in [1.29, 1.82) is 0 Å². The number of hydrogen-bond donors (Lipinski definition) is 1. The van der Waals surface area contributed by atoms with Gasteiger partial charge in [-0.25, -0.2) is 4.98 Å². The molecule has 0 bridgehead atoms. The number of para-hydroxylation sites is 1. The van der Waals surface area contributed by atoms with Crippen LogP contribution in [0, 0.1) is 5.92 Å². The summed E-state index contributed by atoms with van der Waals surface area (Å²) < 4.78 is 6.18. The maximum atomic E-state index is 12.4. The fourth-order valence-electron chi connectivity index (χ4n) is 3.54. The smallest absolute Gasteiger partial charge is 0.257 e. The zero-order valence-corrected chi connectivity index (χ0v) is 16.4. The third-order valence-corrected chi connectivity index (χ3v) is 6.22. The minimum atomic E-state index is -0.0246. The highest BCUT2D eigenvalue weighted by atomic mass is 32.1. The van der Waals surface area contributed by atoms with Crippen LogP contribution in [0.15, 0.2) is 47.3 Å². The van der Waals surface area contributed by atoms with Crippen molar-refractivity contribution in [3.8, 4) is 0 Å². The van der Waals surface area contributed by atoms with Gasteiger partial charge in [-0.15, -0.1) is 11.3 Å². The highest BCUT2D eigenvalue weighted by Gasteiger charge is 2.27. The van der Waals surface area contributed by atoms with Crippen LogP contribution in [-0.4, -0.2) is 41.3 Å². The molecule has 6 nitrogen and oxygen atoms in total. The Bertz CT molecular complexity index is 910. The van der Waals surface area contributed by atoms with E-state index in [4.69, 9.17) is 4.42 Å². The van der Waals surface area contributed by atoms with Gasteiger partial charge in [-0.2, -0.15) is 0 Å². The molecular weight excluding hydrogens is 374 g/mol. The second-order valence-electron chi connectivity index (χ2n) is 7.05. The number of aryl methyl sites for hydroxylation is 1. The largest absolute Gasteiger partial charge is 0.472 e. The summed E-state index contributed by atoms with van der Waals surface area (Å²) in [6.45, 7) is 1.87. The normalized spacial score (nSPS) is 15.1. The number of hydrogen-bond acceptors (Lipinski definition) is 5. The van der Waals surface area contributed by atoms with Crippen molar-refractivity contribution in [2.75, 3.05) is 19.6 Å². The first-order chi connectivity index (χ1) is 13.7. The maximum absolute atomic E-state index is 12.4. The molecule has 1 aliphatic rings. The molecule has 2 amide bonds. The zero-order valence-electron chi connectivity index (χ0n) is 15.6. The number of thiazole rings is 1. The highest BCUT2D eigenvalue weighted by molar-refractivity contribution is 7.18. The molecule has 28 heavy (non-hydrogen) atoms. The summed E-state index contributed by atoms with van der Waals surface area (Å²) >= 11 is 1.72. The van der Waals surface area contributed by atoms with Gasteiger partial charge in [0.15, 0.2) is 0 Å². The van der Waals surface area contributed by atoms with E-state index in [1.54, 1.807) is 22.3 Å². The predicted molar refractivity (Wildman–Crippen MR) is 108 cm³/mol. The van der Waals surface area contributed by atoms with Crippen molar-refractivity contribution in [1.82, 2.24) is 15.2 Å². The van der Waals surface area contributed by atoms with Gasteiger partial charge in [0.1, 0.15) is 6.26 Å². The molecular formula is C21H23N3O3S. The summed E-state index contributed by atoms with van der Waals surface area (Å²) in [5.74, 6) is 0.0546. The molecule has 4 rings (SSSR count). The van der Waals surface area contributed by atoms with Gasteiger partial charge in [0.2, 0.25) is 5.91 Å². The molecule has 0 aliphatic carbocycles. The molecule has 1 aromatic carbocycles. The average molecular weight is 398 g/mol. The van der Waals surface area contributed by atoms with Crippen LogP contribution in [-0.2, 0) is 11.2 Å². The molecule has 0 spiro atoms. The van der Waals surface area contributed by atoms with E-state index in [1.165, 1.54) is 17.2 Å². The van der Waals surface area contributed by atoms with Crippen molar-refractivity contribution >= 4 is 33.4 Å². The van der Waals surface area contributed by atoms with Crippen molar-refractivity contribution in [2.24, 2.45) is 5.92 Å². The molecule has 2 aromatic heterocycles. The van der Waals surface area contributed by atoms with Crippen molar-refractivity contribution in [2.45, 2.75) is 25.7 Å². The number of fused-ring (bicyclic) bond motifs is 1. The van der Waals surface area contributed by atoms with E-state index in [-0.39, 0.29) is 17.7 Å². The Balaban J connectivity index is 1.18. The molecule has 1 aliphatic heterocycles. The average Bonchev–Trinajstić information content (AvgIpc) is 3.40. The van der Waals surface area contributed by atoms with Crippen LogP contribution in [0.3, 0.4) is 0 Å². The number of carbonyl (C=O) groups excluding carboxylic acids is 2. The molecule has 0 atom stereocenters. The van der Waals surface area contributed by atoms with Gasteiger partial charge in [0.05, 0.1) is 27.1 Å². The van der Waals surface area contributed by atoms with Gasteiger partial charge >= 0.3 is 0 Å². The molecule has 3 heterocycles. The first-order valence-electron chi connectivity index (χ1n) is 9.64. The Morgan fingerprint density at radius 2 is 2.04 bits per heavy atom. The van der Waals surface area contributed by atoms with E-state index in [0.717, 1.165) is 23.4 Å². The lowest BCUT2D eigenvalue weighted by Gasteiger charge is -2.31. The lowest BCUT2D eigenvalue weighted by atomic mass is 9.95. The number of aromatic nitrogens is 1. The summed E-state index contributed by atoms with van der Waals surface area (Å²) in [6, 6.07) is 9.81. The first-order valence-corrected chi connectivity index (χ1v) is 10.5. The van der Waals surface area contributed by atoms with Gasteiger partial charge in [-0.3, -0.25) is 9.59 Å². The Labute approximate surface area is 167 Å². The van der Waals surface area contributed by atoms with Crippen LogP contribution in [0.5, 0.6) is 0 Å². The van der Waals surface area contributed by atoms with Crippen LogP contribution < -0.4 is 5.32 Å². The molecule has 1 fully saturated rings. The zero-order chi connectivity index (χ0) is 19.3. The minimum absolute atomic E-state index is 0.0177. The van der Waals surface area contributed by atoms with Gasteiger partial charge in [0, 0.05) is 32.0 Å². The lowest BCUT2D eigenvalue weighted by Crippen LogP contribution is -2.43. The van der Waals surface area contributed by atoms with E-state index in [0.29, 0.717) is 38.0 Å². The standard InChI is InChI=1S/C21H23N3O3S/c25-20(15-7-11-24(12-8-15)21(26)16-9-13-27-14-16)22-10-3-6-19-23-17-4-1-2-5-18(17)28-19/h1-2,4-5,9,13-15H,3,6-8,10-12H2,(H,22,25). The number of amides is 2. The Morgan fingerprint density at radius 1 is 1.21 bits per heavy atom. The Hall–Kier alpha value is -2.67. The van der Waals surface area contributed by atoms with Crippen molar-refractivity contribution in [3.63, 3.8) is 0 Å². The fraction of sp³-hybridized carbons (Fsp3) is 0.381. The van der Waals surface area contributed by atoms with Gasteiger partial charge in [-0.1, -0.05) is 12.1 Å². The number of nitrogens with zero attached hydrogens (tertiary/aromatic N) is 2. The number of carbonyl (C=O) groups is 2. The summed E-state index contributed by atoms with van der Waals surface area (Å²) in [7, 11) is 0. The van der Waals surface area contributed by atoms with E-state index in [1.807, 2.05) is 18.2 Å². The minimum Gasteiger partial charge on any atom is -0.472 e. The van der Waals surface area contributed by atoms with Crippen LogP contribution in [0.2, 0.25) is 0 Å². The van der Waals surface area contributed by atoms with Crippen molar-refractivity contribution < 1.29 is 14.0 Å². The third-order valence-electron chi connectivity index (χ3n) is 5.13. The first kappa shape index (κ1) is 18.7. The predicted octanol–water partition coefficient (Wildman–Crippen LogP) is 3.49. The van der Waals surface area contributed by atoms with Crippen molar-refractivity contribution in [3.05, 3.63) is 53.4 Å². The number of nitrogens with one attached hydrogen (secondary N) is 1. The number of rotatable bonds is 6. The maximum Gasteiger partial charge on any atom is 0.257 e. The van der Waals surface area contributed by atoms with E-state index in [9.17, 15) is 9.59 Å². The van der Waals surface area contributed by atoms with Crippen LogP contribution in [0.25, 0.3) is 10.2 Å². The molecule has 146 valence electrons. The Morgan fingerprint density at radius 3 is 2.79 bits per heavy atom. The molecule has 1 saturated heterocycles. The van der Waals surface area contributed by atoms with Gasteiger partial charge < -0.3 is 14.6 Å². The molecule has 0 unspecified atom stereocenters.